The van der Waals surface area contributed by atoms with E-state index in [9.17, 15) is 8.42 Å². The number of rotatable bonds is 5. The highest BCUT2D eigenvalue weighted by molar-refractivity contribution is 14.0. The van der Waals surface area contributed by atoms with Gasteiger partial charge in [0.15, 0.2) is 15.8 Å². The van der Waals surface area contributed by atoms with Gasteiger partial charge >= 0.3 is 0 Å². The van der Waals surface area contributed by atoms with Gasteiger partial charge in [-0.05, 0) is 33.9 Å². The fraction of sp³-hybridized carbons (Fsp3) is 0.933. The van der Waals surface area contributed by atoms with E-state index in [0.29, 0.717) is 19.1 Å². The second-order valence-electron chi connectivity index (χ2n) is 6.50. The first-order valence-electron chi connectivity index (χ1n) is 8.10. The van der Waals surface area contributed by atoms with E-state index in [-0.39, 0.29) is 29.7 Å². The third-order valence-electron chi connectivity index (χ3n) is 4.55. The van der Waals surface area contributed by atoms with E-state index in [4.69, 9.17) is 0 Å². The summed E-state index contributed by atoms with van der Waals surface area (Å²) < 4.78 is 23.5. The molecule has 0 aromatic heterocycles. The maximum Gasteiger partial charge on any atom is 0.193 e. The smallest absolute Gasteiger partial charge is 0.193 e. The molecular weight excluding hydrogens is 427 g/mol. The Morgan fingerprint density at radius 2 is 1.91 bits per heavy atom. The number of nitrogens with zero attached hydrogens (tertiary/aromatic N) is 3. The maximum atomic E-state index is 12.1. The minimum absolute atomic E-state index is 0. The molecule has 1 fully saturated rings. The van der Waals surface area contributed by atoms with Gasteiger partial charge in [-0.2, -0.15) is 0 Å². The predicted molar refractivity (Wildman–Crippen MR) is 109 cm³/mol. The Morgan fingerprint density at radius 1 is 1.35 bits per heavy atom. The summed E-state index contributed by atoms with van der Waals surface area (Å²) in [7, 11) is -1.27. The van der Waals surface area contributed by atoms with Crippen LogP contribution in [0, 0.1) is 0 Å². The third kappa shape index (κ3) is 5.74. The largest absolute Gasteiger partial charge is 0.355 e. The lowest BCUT2D eigenvalue weighted by molar-refractivity contribution is 0.229. The van der Waals surface area contributed by atoms with Crippen LogP contribution in [0.1, 0.15) is 34.6 Å². The van der Waals surface area contributed by atoms with E-state index in [0.717, 1.165) is 25.6 Å². The molecule has 0 spiro atoms. The minimum atomic E-state index is -3.02. The van der Waals surface area contributed by atoms with Crippen LogP contribution >= 0.6 is 24.0 Å². The molecule has 0 aromatic carbocycles. The molecule has 1 unspecified atom stereocenters. The molecular formula is C15H33IN4O2S. The standard InChI is InChI=1S/C15H32N4O2S.HI/c1-7-18(8-2)13(3)11-17-14(16-6)19-9-10-22(20,21)15(4,5)12-19;/h13H,7-12H2,1-6H3,(H,16,17);1H. The number of aliphatic imine (C=N–C) groups is 1. The summed E-state index contributed by atoms with van der Waals surface area (Å²) in [6, 6.07) is 0.410. The summed E-state index contributed by atoms with van der Waals surface area (Å²) in [4.78, 5) is 8.76. The summed E-state index contributed by atoms with van der Waals surface area (Å²) in [6.07, 6.45) is 0. The zero-order valence-electron chi connectivity index (χ0n) is 15.3. The quantitative estimate of drug-likeness (QED) is 0.382. The number of hydrogen-bond acceptors (Lipinski definition) is 4. The highest BCUT2D eigenvalue weighted by Gasteiger charge is 2.40. The van der Waals surface area contributed by atoms with Gasteiger partial charge in [0.05, 0.1) is 10.5 Å². The van der Waals surface area contributed by atoms with E-state index < -0.39 is 14.6 Å². The Kier molecular flexibility index (Phi) is 9.37. The van der Waals surface area contributed by atoms with Gasteiger partial charge in [0.1, 0.15) is 0 Å². The number of sulfone groups is 1. The van der Waals surface area contributed by atoms with E-state index in [2.05, 4.69) is 40.9 Å². The van der Waals surface area contributed by atoms with Crippen molar-refractivity contribution in [2.45, 2.75) is 45.4 Å². The van der Waals surface area contributed by atoms with E-state index in [1.54, 1.807) is 20.9 Å². The van der Waals surface area contributed by atoms with Crippen molar-refractivity contribution in [2.24, 2.45) is 4.99 Å². The summed E-state index contributed by atoms with van der Waals surface area (Å²) in [5.41, 5.74) is 0. The van der Waals surface area contributed by atoms with Crippen LogP contribution in [0.25, 0.3) is 0 Å². The molecule has 138 valence electrons. The van der Waals surface area contributed by atoms with Crippen LogP contribution in [-0.4, -0.2) is 80.5 Å². The summed E-state index contributed by atoms with van der Waals surface area (Å²) in [5.74, 6) is 0.980. The molecule has 1 rings (SSSR count). The lowest BCUT2D eigenvalue weighted by atomic mass is 10.2. The fourth-order valence-electron chi connectivity index (χ4n) is 2.87. The molecule has 0 amide bonds. The Bertz CT molecular complexity index is 490. The molecule has 23 heavy (non-hydrogen) atoms. The highest BCUT2D eigenvalue weighted by atomic mass is 127. The van der Waals surface area contributed by atoms with Gasteiger partial charge in [-0.25, -0.2) is 8.42 Å². The molecule has 1 N–H and O–H groups in total. The van der Waals surface area contributed by atoms with E-state index >= 15 is 0 Å². The Hall–Kier alpha value is -0.0900. The molecule has 0 bridgehead atoms. The molecule has 1 aliphatic heterocycles. The molecule has 0 saturated carbocycles. The van der Waals surface area contributed by atoms with Gasteiger partial charge in [0.2, 0.25) is 0 Å². The second kappa shape index (κ2) is 9.41. The first-order valence-corrected chi connectivity index (χ1v) is 9.75. The summed E-state index contributed by atoms with van der Waals surface area (Å²) in [5, 5.41) is 3.39. The molecule has 1 saturated heterocycles. The molecule has 6 nitrogen and oxygen atoms in total. The number of likely N-dealkylation sites (N-methyl/N-ethyl adjacent to an activating group) is 1. The van der Waals surface area contributed by atoms with Crippen molar-refractivity contribution >= 4 is 39.8 Å². The normalized spacial score (nSPS) is 21.7. The third-order valence-corrected chi connectivity index (χ3v) is 7.08. The Labute approximate surface area is 159 Å². The first kappa shape index (κ1) is 22.9. The van der Waals surface area contributed by atoms with Crippen LogP contribution < -0.4 is 5.32 Å². The van der Waals surface area contributed by atoms with Crippen LogP contribution in [0.3, 0.4) is 0 Å². The number of halogens is 1. The van der Waals surface area contributed by atoms with Crippen LogP contribution in [0.4, 0.5) is 0 Å². The van der Waals surface area contributed by atoms with Crippen molar-refractivity contribution in [2.75, 3.05) is 45.5 Å². The topological polar surface area (TPSA) is 65.0 Å². The zero-order valence-corrected chi connectivity index (χ0v) is 18.4. The van der Waals surface area contributed by atoms with Crippen molar-refractivity contribution in [3.63, 3.8) is 0 Å². The van der Waals surface area contributed by atoms with Gasteiger partial charge in [-0.3, -0.25) is 9.89 Å². The second-order valence-corrected chi connectivity index (χ2v) is 9.24. The predicted octanol–water partition coefficient (Wildman–Crippen LogP) is 1.42. The Morgan fingerprint density at radius 3 is 2.35 bits per heavy atom. The van der Waals surface area contributed by atoms with Crippen molar-refractivity contribution < 1.29 is 8.42 Å². The van der Waals surface area contributed by atoms with Crippen LogP contribution in [0.15, 0.2) is 4.99 Å². The molecule has 1 heterocycles. The van der Waals surface area contributed by atoms with Crippen LogP contribution in [0.2, 0.25) is 0 Å². The molecule has 0 aliphatic carbocycles. The molecule has 8 heteroatoms. The van der Waals surface area contributed by atoms with Crippen LogP contribution in [0.5, 0.6) is 0 Å². The number of hydrogen-bond donors (Lipinski definition) is 1. The van der Waals surface area contributed by atoms with Crippen molar-refractivity contribution in [3.05, 3.63) is 0 Å². The maximum absolute atomic E-state index is 12.1. The van der Waals surface area contributed by atoms with Crippen LogP contribution in [-0.2, 0) is 9.84 Å². The van der Waals surface area contributed by atoms with Gasteiger partial charge in [0.25, 0.3) is 0 Å². The average Bonchev–Trinajstić information content (AvgIpc) is 2.44. The van der Waals surface area contributed by atoms with Gasteiger partial charge < -0.3 is 10.2 Å². The molecule has 0 aromatic rings. The molecule has 0 radical (unpaired) electrons. The van der Waals surface area contributed by atoms with Crippen molar-refractivity contribution in [3.8, 4) is 0 Å². The Balaban J connectivity index is 0.00000484. The van der Waals surface area contributed by atoms with Gasteiger partial charge in [0, 0.05) is 32.7 Å². The minimum Gasteiger partial charge on any atom is -0.355 e. The lowest BCUT2D eigenvalue weighted by Crippen LogP contribution is -2.58. The van der Waals surface area contributed by atoms with Crippen molar-refractivity contribution in [1.29, 1.82) is 0 Å². The SMILES string of the molecule is CCN(CC)C(C)CNC(=NC)N1CCS(=O)(=O)C(C)(C)C1.I. The molecule has 1 atom stereocenters. The van der Waals surface area contributed by atoms with E-state index in [1.165, 1.54) is 0 Å². The lowest BCUT2D eigenvalue weighted by Gasteiger charge is -2.39. The van der Waals surface area contributed by atoms with Gasteiger partial charge in [-0.15, -0.1) is 24.0 Å². The summed E-state index contributed by atoms with van der Waals surface area (Å²) >= 11 is 0. The fourth-order valence-corrected chi connectivity index (χ4v) is 4.24. The summed E-state index contributed by atoms with van der Waals surface area (Å²) in [6.45, 7) is 13.9. The number of guanidine groups is 1. The zero-order chi connectivity index (χ0) is 17.0. The molecule has 1 aliphatic rings. The monoisotopic (exact) mass is 460 g/mol. The highest BCUT2D eigenvalue weighted by Crippen LogP contribution is 2.23. The first-order chi connectivity index (χ1) is 10.2. The van der Waals surface area contributed by atoms with E-state index in [1.807, 2.05) is 0 Å². The van der Waals surface area contributed by atoms with Gasteiger partial charge in [-0.1, -0.05) is 13.8 Å². The average molecular weight is 460 g/mol. The number of nitrogens with one attached hydrogen (secondary N) is 1. The van der Waals surface area contributed by atoms with Crippen molar-refractivity contribution in [1.82, 2.24) is 15.1 Å².